The topological polar surface area (TPSA) is 38.8 Å². The predicted molar refractivity (Wildman–Crippen MR) is 93.8 cm³/mol. The van der Waals surface area contributed by atoms with Crippen LogP contribution in [0.2, 0.25) is 0 Å². The summed E-state index contributed by atoms with van der Waals surface area (Å²) in [7, 11) is 0. The van der Waals surface area contributed by atoms with E-state index in [0.29, 0.717) is 31.9 Å². The number of urea groups is 1. The van der Waals surface area contributed by atoms with E-state index < -0.39 is 11.6 Å². The Hall–Kier alpha value is -1.89. The Balaban J connectivity index is 1.48. The minimum atomic E-state index is -0.576. The Bertz CT molecular complexity index is 605. The Labute approximate surface area is 147 Å². The SMILES string of the molecule is CCCN1CC[C@@H](NC(=O)N2CCN(c3ccc(F)cc3F)CC2)C1. The molecule has 138 valence electrons. The average molecular weight is 352 g/mol. The number of rotatable bonds is 4. The molecule has 2 fully saturated rings. The highest BCUT2D eigenvalue weighted by Crippen LogP contribution is 2.21. The molecule has 0 aromatic heterocycles. The van der Waals surface area contributed by atoms with Gasteiger partial charge in [-0.2, -0.15) is 0 Å². The molecule has 2 amide bonds. The van der Waals surface area contributed by atoms with Crippen LogP contribution in [-0.4, -0.2) is 67.7 Å². The van der Waals surface area contributed by atoms with Gasteiger partial charge in [-0.3, -0.25) is 0 Å². The van der Waals surface area contributed by atoms with Crippen molar-refractivity contribution in [2.75, 3.05) is 50.7 Å². The van der Waals surface area contributed by atoms with E-state index in [4.69, 9.17) is 0 Å². The first-order valence-electron chi connectivity index (χ1n) is 9.04. The van der Waals surface area contributed by atoms with Gasteiger partial charge in [0.25, 0.3) is 0 Å². The van der Waals surface area contributed by atoms with Crippen molar-refractivity contribution in [2.45, 2.75) is 25.8 Å². The Kier molecular flexibility index (Phi) is 5.73. The zero-order valence-corrected chi connectivity index (χ0v) is 14.7. The summed E-state index contributed by atoms with van der Waals surface area (Å²) in [5, 5.41) is 3.11. The molecule has 7 heteroatoms. The number of amides is 2. The van der Waals surface area contributed by atoms with Crippen molar-refractivity contribution >= 4 is 11.7 Å². The number of carbonyl (C=O) groups is 1. The summed E-state index contributed by atoms with van der Waals surface area (Å²) in [6.07, 6.45) is 2.12. The second-order valence-corrected chi connectivity index (χ2v) is 6.81. The average Bonchev–Trinajstić information content (AvgIpc) is 3.02. The lowest BCUT2D eigenvalue weighted by molar-refractivity contribution is 0.190. The molecule has 1 aromatic carbocycles. The van der Waals surface area contributed by atoms with E-state index in [1.54, 1.807) is 4.90 Å². The number of likely N-dealkylation sites (tertiary alicyclic amines) is 1. The van der Waals surface area contributed by atoms with Gasteiger partial charge in [0.2, 0.25) is 0 Å². The van der Waals surface area contributed by atoms with E-state index in [9.17, 15) is 13.6 Å². The van der Waals surface area contributed by atoms with Crippen LogP contribution in [0.15, 0.2) is 18.2 Å². The largest absolute Gasteiger partial charge is 0.366 e. The van der Waals surface area contributed by atoms with E-state index in [-0.39, 0.29) is 12.1 Å². The predicted octanol–water partition coefficient (Wildman–Crippen LogP) is 2.28. The van der Waals surface area contributed by atoms with Crippen molar-refractivity contribution in [3.8, 4) is 0 Å². The van der Waals surface area contributed by atoms with Gasteiger partial charge in [-0.1, -0.05) is 6.92 Å². The van der Waals surface area contributed by atoms with E-state index >= 15 is 0 Å². The molecule has 2 saturated heterocycles. The first-order valence-corrected chi connectivity index (χ1v) is 9.04. The van der Waals surface area contributed by atoms with Crippen LogP contribution in [0, 0.1) is 11.6 Å². The number of carbonyl (C=O) groups excluding carboxylic acids is 1. The second kappa shape index (κ2) is 7.99. The highest BCUT2D eigenvalue weighted by Gasteiger charge is 2.27. The molecule has 25 heavy (non-hydrogen) atoms. The van der Waals surface area contributed by atoms with Gasteiger partial charge in [0, 0.05) is 51.4 Å². The van der Waals surface area contributed by atoms with Crippen molar-refractivity contribution in [1.29, 1.82) is 0 Å². The molecule has 0 unspecified atom stereocenters. The molecule has 3 rings (SSSR count). The molecule has 0 radical (unpaired) electrons. The minimum absolute atomic E-state index is 0.0393. The van der Waals surface area contributed by atoms with Gasteiger partial charge in [0.15, 0.2) is 0 Å². The normalized spacial score (nSPS) is 21.6. The quantitative estimate of drug-likeness (QED) is 0.904. The summed E-state index contributed by atoms with van der Waals surface area (Å²) in [5.74, 6) is -1.13. The number of piperazine rings is 1. The summed E-state index contributed by atoms with van der Waals surface area (Å²) in [6, 6.07) is 3.80. The van der Waals surface area contributed by atoms with Crippen LogP contribution in [0.1, 0.15) is 19.8 Å². The molecule has 0 saturated carbocycles. The van der Waals surface area contributed by atoms with Crippen LogP contribution in [0.3, 0.4) is 0 Å². The van der Waals surface area contributed by atoms with E-state index in [2.05, 4.69) is 17.1 Å². The summed E-state index contributed by atoms with van der Waals surface area (Å²) in [6.45, 7) is 7.35. The van der Waals surface area contributed by atoms with Crippen LogP contribution >= 0.6 is 0 Å². The van der Waals surface area contributed by atoms with Gasteiger partial charge < -0.3 is 20.0 Å². The van der Waals surface area contributed by atoms with E-state index in [1.165, 1.54) is 12.1 Å². The van der Waals surface area contributed by atoms with Crippen LogP contribution in [0.25, 0.3) is 0 Å². The fourth-order valence-corrected chi connectivity index (χ4v) is 3.62. The number of anilines is 1. The van der Waals surface area contributed by atoms with Crippen molar-refractivity contribution in [3.05, 3.63) is 29.8 Å². The third-order valence-corrected chi connectivity index (χ3v) is 4.96. The number of nitrogens with one attached hydrogen (secondary N) is 1. The maximum atomic E-state index is 13.9. The number of nitrogens with zero attached hydrogens (tertiary/aromatic N) is 3. The van der Waals surface area contributed by atoms with Crippen LogP contribution in [-0.2, 0) is 0 Å². The van der Waals surface area contributed by atoms with Crippen LogP contribution < -0.4 is 10.2 Å². The number of halogens is 2. The van der Waals surface area contributed by atoms with Crippen LogP contribution in [0.5, 0.6) is 0 Å². The molecule has 2 aliphatic rings. The van der Waals surface area contributed by atoms with Crippen molar-refractivity contribution in [3.63, 3.8) is 0 Å². The smallest absolute Gasteiger partial charge is 0.317 e. The zero-order valence-electron chi connectivity index (χ0n) is 14.7. The van der Waals surface area contributed by atoms with Crippen LogP contribution in [0.4, 0.5) is 19.3 Å². The Morgan fingerprint density at radius 3 is 2.64 bits per heavy atom. The third kappa shape index (κ3) is 4.39. The maximum Gasteiger partial charge on any atom is 0.317 e. The highest BCUT2D eigenvalue weighted by atomic mass is 19.1. The number of hydrogen-bond donors (Lipinski definition) is 1. The number of benzene rings is 1. The molecule has 0 bridgehead atoms. The van der Waals surface area contributed by atoms with E-state index in [0.717, 1.165) is 38.5 Å². The Morgan fingerprint density at radius 1 is 1.20 bits per heavy atom. The summed E-state index contributed by atoms with van der Waals surface area (Å²) in [4.78, 5) is 18.4. The summed E-state index contributed by atoms with van der Waals surface area (Å²) < 4.78 is 26.9. The molecule has 5 nitrogen and oxygen atoms in total. The van der Waals surface area contributed by atoms with Crippen molar-refractivity contribution < 1.29 is 13.6 Å². The summed E-state index contributed by atoms with van der Waals surface area (Å²) >= 11 is 0. The first-order chi connectivity index (χ1) is 12.1. The van der Waals surface area contributed by atoms with Gasteiger partial charge in [-0.05, 0) is 31.5 Å². The molecule has 0 aliphatic carbocycles. The van der Waals surface area contributed by atoms with Gasteiger partial charge in [-0.15, -0.1) is 0 Å². The molecular weight excluding hydrogens is 326 g/mol. The molecular formula is C18H26F2N4O. The van der Waals surface area contributed by atoms with E-state index in [1.807, 2.05) is 4.90 Å². The lowest BCUT2D eigenvalue weighted by Gasteiger charge is -2.36. The molecule has 1 N–H and O–H groups in total. The lowest BCUT2D eigenvalue weighted by atomic mass is 10.2. The lowest BCUT2D eigenvalue weighted by Crippen LogP contribution is -2.54. The van der Waals surface area contributed by atoms with Gasteiger partial charge in [-0.25, -0.2) is 13.6 Å². The molecule has 0 spiro atoms. The van der Waals surface area contributed by atoms with Crippen molar-refractivity contribution in [1.82, 2.24) is 15.1 Å². The fraction of sp³-hybridized carbons (Fsp3) is 0.611. The fourth-order valence-electron chi connectivity index (χ4n) is 3.62. The summed E-state index contributed by atoms with van der Waals surface area (Å²) in [5.41, 5.74) is 0.396. The number of hydrogen-bond acceptors (Lipinski definition) is 3. The molecule has 2 aliphatic heterocycles. The molecule has 1 aromatic rings. The maximum absolute atomic E-state index is 13.9. The molecule has 1 atom stereocenters. The third-order valence-electron chi connectivity index (χ3n) is 4.96. The monoisotopic (exact) mass is 352 g/mol. The molecule has 2 heterocycles. The first kappa shape index (κ1) is 17.9. The van der Waals surface area contributed by atoms with Crippen molar-refractivity contribution in [2.24, 2.45) is 0 Å². The minimum Gasteiger partial charge on any atom is -0.366 e. The Morgan fingerprint density at radius 2 is 1.96 bits per heavy atom. The highest BCUT2D eigenvalue weighted by molar-refractivity contribution is 5.75. The van der Waals surface area contributed by atoms with Gasteiger partial charge in [0.05, 0.1) is 5.69 Å². The standard InChI is InChI=1S/C18H26F2N4O/c1-2-6-22-7-5-15(13-22)21-18(25)24-10-8-23(9-11-24)17-4-3-14(19)12-16(17)20/h3-4,12,15H,2,5-11,13H2,1H3,(H,21,25)/t15-/m1/s1. The van der Waals surface area contributed by atoms with Gasteiger partial charge >= 0.3 is 6.03 Å². The van der Waals surface area contributed by atoms with Gasteiger partial charge in [0.1, 0.15) is 11.6 Å². The second-order valence-electron chi connectivity index (χ2n) is 6.81. The zero-order chi connectivity index (χ0) is 17.8.